The fourth-order valence-corrected chi connectivity index (χ4v) is 4.57. The monoisotopic (exact) mass is 338 g/mol. The van der Waals surface area contributed by atoms with Crippen LogP contribution in [0.2, 0.25) is 0 Å². The van der Waals surface area contributed by atoms with Crippen LogP contribution in [-0.2, 0) is 21.2 Å². The highest BCUT2D eigenvalue weighted by Crippen LogP contribution is 2.22. The Labute approximate surface area is 136 Å². The summed E-state index contributed by atoms with van der Waals surface area (Å²) in [5.41, 5.74) is 1.49. The van der Waals surface area contributed by atoms with Gasteiger partial charge in [-0.3, -0.25) is 9.59 Å². The molecule has 1 aliphatic heterocycles. The van der Waals surface area contributed by atoms with E-state index in [1.807, 2.05) is 12.1 Å². The number of sulfone groups is 1. The van der Waals surface area contributed by atoms with Crippen molar-refractivity contribution in [1.82, 2.24) is 10.2 Å². The van der Waals surface area contributed by atoms with Crippen molar-refractivity contribution in [2.24, 2.45) is 5.92 Å². The highest BCUT2D eigenvalue weighted by Gasteiger charge is 2.30. The molecule has 0 spiro atoms. The van der Waals surface area contributed by atoms with Gasteiger partial charge in [-0.25, -0.2) is 8.42 Å². The highest BCUT2D eigenvalue weighted by molar-refractivity contribution is 7.91. The second-order valence-electron chi connectivity index (χ2n) is 6.00. The second-order valence-corrected chi connectivity index (χ2v) is 8.23. The van der Waals surface area contributed by atoms with Crippen molar-refractivity contribution in [3.63, 3.8) is 0 Å². The van der Waals surface area contributed by atoms with E-state index in [9.17, 15) is 18.0 Å². The number of benzene rings is 1. The zero-order chi connectivity index (χ0) is 17.0. The van der Waals surface area contributed by atoms with Crippen LogP contribution in [-0.4, -0.2) is 50.7 Å². The number of carbonyl (C=O) groups excluding carboxylic acids is 2. The largest absolute Gasteiger partial charge is 0.355 e. The van der Waals surface area contributed by atoms with Crippen LogP contribution in [0, 0.1) is 5.92 Å². The molecule has 0 bridgehead atoms. The Bertz CT molecular complexity index is 683. The quantitative estimate of drug-likeness (QED) is 0.862. The number of hydrogen-bond donors (Lipinski definition) is 1. The predicted molar refractivity (Wildman–Crippen MR) is 87.7 cm³/mol. The van der Waals surface area contributed by atoms with E-state index in [0.717, 1.165) is 5.56 Å². The van der Waals surface area contributed by atoms with Gasteiger partial charge in [-0.1, -0.05) is 12.1 Å². The Morgan fingerprint density at radius 3 is 2.43 bits per heavy atom. The van der Waals surface area contributed by atoms with E-state index in [1.165, 1.54) is 0 Å². The zero-order valence-electron chi connectivity index (χ0n) is 13.4. The minimum Gasteiger partial charge on any atom is -0.355 e. The average molecular weight is 338 g/mol. The first-order valence-corrected chi connectivity index (χ1v) is 9.38. The lowest BCUT2D eigenvalue weighted by Gasteiger charge is -2.19. The summed E-state index contributed by atoms with van der Waals surface area (Å²) in [5.74, 6) is 0.0414. The molecule has 0 aliphatic carbocycles. The van der Waals surface area contributed by atoms with Gasteiger partial charge in [0.1, 0.15) is 0 Å². The first-order chi connectivity index (χ1) is 10.8. The fraction of sp³-hybridized carbons (Fsp3) is 0.500. The molecule has 6 nitrogen and oxygen atoms in total. The summed E-state index contributed by atoms with van der Waals surface area (Å²) < 4.78 is 22.9. The molecule has 126 valence electrons. The molecule has 1 N–H and O–H groups in total. The smallest absolute Gasteiger partial charge is 0.251 e. The standard InChI is InChI=1S/C16H22N2O4S/c1-17-16(20)14-5-3-12(4-6-14)10-18(2)15(19)9-13-7-8-23(21,22)11-13/h3-6,13H,7-11H2,1-2H3,(H,17,20)/t13-/m1/s1. The minimum absolute atomic E-state index is 0.0533. The third-order valence-corrected chi connectivity index (χ3v) is 5.92. The van der Waals surface area contributed by atoms with E-state index in [0.29, 0.717) is 18.5 Å². The summed E-state index contributed by atoms with van der Waals surface area (Å²) in [7, 11) is 0.332. The first-order valence-electron chi connectivity index (χ1n) is 7.56. The van der Waals surface area contributed by atoms with E-state index >= 15 is 0 Å². The van der Waals surface area contributed by atoms with Gasteiger partial charge in [0.2, 0.25) is 5.91 Å². The van der Waals surface area contributed by atoms with Crippen LogP contribution in [0.25, 0.3) is 0 Å². The molecule has 0 radical (unpaired) electrons. The molecular formula is C16H22N2O4S. The number of carbonyl (C=O) groups is 2. The van der Waals surface area contributed by atoms with E-state index in [2.05, 4.69) is 5.32 Å². The van der Waals surface area contributed by atoms with Crippen molar-refractivity contribution in [2.45, 2.75) is 19.4 Å². The predicted octanol–water partition coefficient (Wildman–Crippen LogP) is 0.829. The maximum Gasteiger partial charge on any atom is 0.251 e. The number of hydrogen-bond acceptors (Lipinski definition) is 4. The molecule has 0 saturated carbocycles. The Morgan fingerprint density at radius 2 is 1.91 bits per heavy atom. The summed E-state index contributed by atoms with van der Waals surface area (Å²) in [6, 6.07) is 7.06. The van der Waals surface area contributed by atoms with E-state index in [4.69, 9.17) is 0 Å². The molecule has 2 rings (SSSR count). The van der Waals surface area contributed by atoms with Crippen LogP contribution in [0.15, 0.2) is 24.3 Å². The van der Waals surface area contributed by atoms with Gasteiger partial charge in [-0.05, 0) is 30.0 Å². The molecule has 23 heavy (non-hydrogen) atoms. The van der Waals surface area contributed by atoms with Crippen molar-refractivity contribution in [2.75, 3.05) is 25.6 Å². The molecular weight excluding hydrogens is 316 g/mol. The Hall–Kier alpha value is -1.89. The zero-order valence-corrected chi connectivity index (χ0v) is 14.2. The van der Waals surface area contributed by atoms with Gasteiger partial charge in [0.15, 0.2) is 9.84 Å². The third-order valence-electron chi connectivity index (χ3n) is 4.08. The van der Waals surface area contributed by atoms with Gasteiger partial charge < -0.3 is 10.2 Å². The molecule has 1 aromatic carbocycles. The SMILES string of the molecule is CNC(=O)c1ccc(CN(C)C(=O)C[C@H]2CCS(=O)(=O)C2)cc1. The molecule has 1 atom stereocenters. The van der Waals surface area contributed by atoms with Crippen LogP contribution >= 0.6 is 0 Å². The summed E-state index contributed by atoms with van der Waals surface area (Å²) in [4.78, 5) is 25.3. The molecule has 1 aliphatic rings. The maximum atomic E-state index is 12.2. The molecule has 7 heteroatoms. The maximum absolute atomic E-state index is 12.2. The Morgan fingerprint density at radius 1 is 1.26 bits per heavy atom. The minimum atomic E-state index is -2.95. The molecule has 1 saturated heterocycles. The molecule has 0 aromatic heterocycles. The number of nitrogens with zero attached hydrogens (tertiary/aromatic N) is 1. The molecule has 2 amide bonds. The van der Waals surface area contributed by atoms with Crippen molar-refractivity contribution >= 4 is 21.7 Å². The highest BCUT2D eigenvalue weighted by atomic mass is 32.2. The van der Waals surface area contributed by atoms with Crippen LogP contribution in [0.4, 0.5) is 0 Å². The van der Waals surface area contributed by atoms with Crippen molar-refractivity contribution < 1.29 is 18.0 Å². The second kappa shape index (κ2) is 7.12. The van der Waals surface area contributed by atoms with Gasteiger partial charge in [0.05, 0.1) is 11.5 Å². The number of nitrogens with one attached hydrogen (secondary N) is 1. The number of amides is 2. The van der Waals surface area contributed by atoms with Crippen molar-refractivity contribution in [1.29, 1.82) is 0 Å². The average Bonchev–Trinajstić information content (AvgIpc) is 2.86. The van der Waals surface area contributed by atoms with Gasteiger partial charge in [-0.15, -0.1) is 0 Å². The van der Waals surface area contributed by atoms with Gasteiger partial charge in [0, 0.05) is 32.6 Å². The number of rotatable bonds is 5. The Balaban J connectivity index is 1.89. The Kier molecular flexibility index (Phi) is 5.41. The molecule has 1 aromatic rings. The lowest BCUT2D eigenvalue weighted by molar-refractivity contribution is -0.131. The van der Waals surface area contributed by atoms with Crippen LogP contribution in [0.3, 0.4) is 0 Å². The molecule has 1 heterocycles. The summed E-state index contributed by atoms with van der Waals surface area (Å²) in [6.45, 7) is 0.437. The van der Waals surface area contributed by atoms with Crippen molar-refractivity contribution in [3.8, 4) is 0 Å². The van der Waals surface area contributed by atoms with E-state index in [-0.39, 0.29) is 35.7 Å². The molecule has 0 unspecified atom stereocenters. The third kappa shape index (κ3) is 4.79. The summed E-state index contributed by atoms with van der Waals surface area (Å²) >= 11 is 0. The van der Waals surface area contributed by atoms with E-state index in [1.54, 1.807) is 31.1 Å². The summed E-state index contributed by atoms with van der Waals surface area (Å²) in [6.07, 6.45) is 0.842. The fourth-order valence-electron chi connectivity index (χ4n) is 2.70. The normalized spacial score (nSPS) is 19.3. The van der Waals surface area contributed by atoms with E-state index < -0.39 is 9.84 Å². The van der Waals surface area contributed by atoms with Gasteiger partial charge in [0.25, 0.3) is 5.91 Å². The van der Waals surface area contributed by atoms with Crippen LogP contribution < -0.4 is 5.32 Å². The van der Waals surface area contributed by atoms with Crippen molar-refractivity contribution in [3.05, 3.63) is 35.4 Å². The molecule has 1 fully saturated rings. The van der Waals surface area contributed by atoms with Crippen LogP contribution in [0.5, 0.6) is 0 Å². The summed E-state index contributed by atoms with van der Waals surface area (Å²) in [5, 5.41) is 2.55. The lowest BCUT2D eigenvalue weighted by atomic mass is 10.0. The first kappa shape index (κ1) is 17.5. The lowest BCUT2D eigenvalue weighted by Crippen LogP contribution is -2.28. The van der Waals surface area contributed by atoms with Gasteiger partial charge in [-0.2, -0.15) is 0 Å². The topological polar surface area (TPSA) is 83.6 Å². The van der Waals surface area contributed by atoms with Gasteiger partial charge >= 0.3 is 0 Å². The van der Waals surface area contributed by atoms with Crippen LogP contribution in [0.1, 0.15) is 28.8 Å².